The van der Waals surface area contributed by atoms with Gasteiger partial charge in [-0.15, -0.1) is 0 Å². The first-order chi connectivity index (χ1) is 11.5. The molecule has 0 aromatic heterocycles. The molecular weight excluding hydrogens is 304 g/mol. The van der Waals surface area contributed by atoms with Crippen molar-refractivity contribution in [2.45, 2.75) is 38.7 Å². The summed E-state index contributed by atoms with van der Waals surface area (Å²) in [7, 11) is 0. The molecule has 3 fully saturated rings. The maximum Gasteiger partial charge on any atom is 0.227 e. The molecule has 0 radical (unpaired) electrons. The molecule has 5 heteroatoms. The van der Waals surface area contributed by atoms with Gasteiger partial charge >= 0.3 is 0 Å². The van der Waals surface area contributed by atoms with Crippen LogP contribution in [0, 0.1) is 18.3 Å². The molecule has 1 atom stereocenters. The summed E-state index contributed by atoms with van der Waals surface area (Å²) < 4.78 is 0. The van der Waals surface area contributed by atoms with Crippen LogP contribution in [0.3, 0.4) is 0 Å². The molecule has 2 amide bonds. The maximum absolute atomic E-state index is 12.5. The fraction of sp³-hybridized carbons (Fsp3) is 0.579. The number of hydrogen-bond donors (Lipinski definition) is 1. The minimum absolute atomic E-state index is 0.0135. The Labute approximate surface area is 142 Å². The van der Waals surface area contributed by atoms with Crippen molar-refractivity contribution in [1.29, 1.82) is 0 Å². The Kier molecular flexibility index (Phi) is 3.64. The summed E-state index contributed by atoms with van der Waals surface area (Å²) in [6, 6.07) is 8.06. The number of aliphatic hydroxyl groups is 1. The molecule has 24 heavy (non-hydrogen) atoms. The lowest BCUT2D eigenvalue weighted by Gasteiger charge is -2.34. The van der Waals surface area contributed by atoms with Crippen LogP contribution in [0.15, 0.2) is 24.3 Å². The van der Waals surface area contributed by atoms with E-state index in [-0.39, 0.29) is 29.3 Å². The first-order valence-corrected chi connectivity index (χ1v) is 8.80. The number of rotatable bonds is 2. The van der Waals surface area contributed by atoms with Crippen molar-refractivity contribution in [2.24, 2.45) is 11.3 Å². The van der Waals surface area contributed by atoms with Crippen LogP contribution >= 0.6 is 0 Å². The summed E-state index contributed by atoms with van der Waals surface area (Å²) in [5.74, 6) is 0.311. The van der Waals surface area contributed by atoms with Crippen molar-refractivity contribution in [3.63, 3.8) is 0 Å². The van der Waals surface area contributed by atoms with Gasteiger partial charge in [0, 0.05) is 43.1 Å². The van der Waals surface area contributed by atoms with Crippen molar-refractivity contribution in [2.75, 3.05) is 24.5 Å². The zero-order valence-corrected chi connectivity index (χ0v) is 14.1. The highest BCUT2D eigenvalue weighted by Crippen LogP contribution is 2.43. The van der Waals surface area contributed by atoms with Gasteiger partial charge < -0.3 is 14.9 Å². The van der Waals surface area contributed by atoms with Crippen molar-refractivity contribution in [3.05, 3.63) is 29.8 Å². The Morgan fingerprint density at radius 3 is 2.58 bits per heavy atom. The van der Waals surface area contributed by atoms with E-state index in [2.05, 4.69) is 0 Å². The fourth-order valence-electron chi connectivity index (χ4n) is 4.30. The van der Waals surface area contributed by atoms with E-state index in [0.717, 1.165) is 18.7 Å². The largest absolute Gasteiger partial charge is 0.393 e. The Bertz CT molecular complexity index is 666. The average Bonchev–Trinajstić information content (AvgIpc) is 3.08. The number of carbonyl (C=O) groups is 2. The van der Waals surface area contributed by atoms with Gasteiger partial charge in [-0.05, 0) is 38.3 Å². The molecule has 3 aliphatic rings. The van der Waals surface area contributed by atoms with Gasteiger partial charge in [0.05, 0.1) is 6.10 Å². The Morgan fingerprint density at radius 2 is 1.92 bits per heavy atom. The highest BCUT2D eigenvalue weighted by Gasteiger charge is 2.50. The zero-order chi connectivity index (χ0) is 16.9. The van der Waals surface area contributed by atoms with Crippen LogP contribution in [-0.2, 0) is 9.59 Å². The zero-order valence-electron chi connectivity index (χ0n) is 14.1. The molecule has 1 aliphatic carbocycles. The molecular formula is C19H24N2O3. The van der Waals surface area contributed by atoms with Gasteiger partial charge in [-0.25, -0.2) is 0 Å². The first kappa shape index (κ1) is 15.6. The molecule has 5 nitrogen and oxygen atoms in total. The third-order valence-electron chi connectivity index (χ3n) is 5.88. The van der Waals surface area contributed by atoms with E-state index in [9.17, 15) is 14.7 Å². The monoisotopic (exact) mass is 328 g/mol. The van der Waals surface area contributed by atoms with E-state index in [4.69, 9.17) is 0 Å². The number of likely N-dealkylation sites (tertiary alicyclic amines) is 1. The summed E-state index contributed by atoms with van der Waals surface area (Å²) in [6.07, 6.45) is 2.30. The Hall–Kier alpha value is -1.88. The minimum Gasteiger partial charge on any atom is -0.393 e. The highest BCUT2D eigenvalue weighted by molar-refractivity contribution is 5.96. The van der Waals surface area contributed by atoms with Crippen LogP contribution in [0.4, 0.5) is 5.69 Å². The predicted molar refractivity (Wildman–Crippen MR) is 90.5 cm³/mol. The van der Waals surface area contributed by atoms with E-state index >= 15 is 0 Å². The molecule has 2 aliphatic heterocycles. The molecule has 2 heterocycles. The second kappa shape index (κ2) is 5.59. The van der Waals surface area contributed by atoms with E-state index < -0.39 is 0 Å². The van der Waals surface area contributed by atoms with Crippen molar-refractivity contribution < 1.29 is 14.7 Å². The van der Waals surface area contributed by atoms with Crippen LogP contribution < -0.4 is 4.90 Å². The molecule has 1 N–H and O–H groups in total. The summed E-state index contributed by atoms with van der Waals surface area (Å²) >= 11 is 0. The van der Waals surface area contributed by atoms with Gasteiger partial charge in [-0.2, -0.15) is 0 Å². The molecule has 0 unspecified atom stereocenters. The van der Waals surface area contributed by atoms with Crippen molar-refractivity contribution in [1.82, 2.24) is 4.90 Å². The van der Waals surface area contributed by atoms with Gasteiger partial charge in [0.15, 0.2) is 0 Å². The van der Waals surface area contributed by atoms with E-state index in [1.807, 2.05) is 41.0 Å². The number of anilines is 1. The third kappa shape index (κ3) is 2.61. The van der Waals surface area contributed by atoms with Gasteiger partial charge in [0.1, 0.15) is 0 Å². The van der Waals surface area contributed by atoms with Gasteiger partial charge in [-0.1, -0.05) is 17.7 Å². The number of aryl methyl sites for hydroxylation is 1. The second-order valence-electron chi connectivity index (χ2n) is 7.82. The smallest absolute Gasteiger partial charge is 0.227 e. The lowest BCUT2D eigenvalue weighted by Crippen LogP contribution is -2.43. The van der Waals surface area contributed by atoms with Crippen LogP contribution in [0.2, 0.25) is 0 Å². The van der Waals surface area contributed by atoms with Crippen LogP contribution in [0.25, 0.3) is 0 Å². The predicted octanol–water partition coefficient (Wildman–Crippen LogP) is 1.72. The fourth-order valence-corrected chi connectivity index (χ4v) is 4.30. The minimum atomic E-state index is -0.305. The van der Waals surface area contributed by atoms with Crippen molar-refractivity contribution in [3.8, 4) is 0 Å². The summed E-state index contributed by atoms with van der Waals surface area (Å²) in [5, 5.41) is 9.41. The molecule has 0 bridgehead atoms. The SMILES string of the molecule is Cc1ccc(N2C[C@]3(CCN(C(=O)C4CC(O)C4)C3)CC2=O)cc1. The number of benzene rings is 1. The molecule has 1 spiro atoms. The number of nitrogens with zero attached hydrogens (tertiary/aromatic N) is 2. The highest BCUT2D eigenvalue weighted by atomic mass is 16.3. The van der Waals surface area contributed by atoms with Crippen LogP contribution in [-0.4, -0.2) is 47.6 Å². The van der Waals surface area contributed by atoms with Gasteiger partial charge in [-0.3, -0.25) is 9.59 Å². The first-order valence-electron chi connectivity index (χ1n) is 8.80. The molecule has 1 aromatic rings. The van der Waals surface area contributed by atoms with Crippen LogP contribution in [0.5, 0.6) is 0 Å². The molecule has 1 aromatic carbocycles. The molecule has 128 valence electrons. The van der Waals surface area contributed by atoms with E-state index in [1.165, 1.54) is 5.56 Å². The second-order valence-corrected chi connectivity index (χ2v) is 7.82. The normalized spacial score (nSPS) is 32.5. The molecule has 1 saturated carbocycles. The number of carbonyl (C=O) groups excluding carboxylic acids is 2. The lowest BCUT2D eigenvalue weighted by molar-refractivity contribution is -0.141. The number of hydrogen-bond acceptors (Lipinski definition) is 3. The molecule has 2 saturated heterocycles. The standard InChI is InChI=1S/C19H24N2O3/c1-13-2-4-15(5-3-13)21-12-19(10-17(21)23)6-7-20(11-19)18(24)14-8-16(22)9-14/h2-5,14,16,22H,6-12H2,1H3/t14?,16?,19-/m1/s1. The van der Waals surface area contributed by atoms with Crippen LogP contribution in [0.1, 0.15) is 31.2 Å². The quantitative estimate of drug-likeness (QED) is 0.899. The molecule has 4 rings (SSSR count). The topological polar surface area (TPSA) is 60.9 Å². The summed E-state index contributed by atoms with van der Waals surface area (Å²) in [4.78, 5) is 28.8. The van der Waals surface area contributed by atoms with Gasteiger partial charge in [0.25, 0.3) is 0 Å². The van der Waals surface area contributed by atoms with Crippen molar-refractivity contribution >= 4 is 17.5 Å². The van der Waals surface area contributed by atoms with Gasteiger partial charge in [0.2, 0.25) is 11.8 Å². The number of aliphatic hydroxyl groups excluding tert-OH is 1. The Balaban J connectivity index is 1.44. The summed E-state index contributed by atoms with van der Waals surface area (Å²) in [5.41, 5.74) is 2.04. The average molecular weight is 328 g/mol. The Morgan fingerprint density at radius 1 is 1.21 bits per heavy atom. The third-order valence-corrected chi connectivity index (χ3v) is 5.88. The van der Waals surface area contributed by atoms with E-state index in [0.29, 0.717) is 32.4 Å². The van der Waals surface area contributed by atoms with E-state index in [1.54, 1.807) is 0 Å². The summed E-state index contributed by atoms with van der Waals surface area (Å²) in [6.45, 7) is 4.15. The number of amides is 2. The maximum atomic E-state index is 12.5. The lowest BCUT2D eigenvalue weighted by atomic mass is 9.81.